The maximum absolute atomic E-state index is 11.6. The number of benzene rings is 2. The van der Waals surface area contributed by atoms with Gasteiger partial charge in [-0.15, -0.1) is 0 Å². The van der Waals surface area contributed by atoms with Gasteiger partial charge in [-0.3, -0.25) is 15.5 Å². The van der Waals surface area contributed by atoms with E-state index >= 15 is 0 Å². The number of carbonyl (C=O) groups excluding carboxylic acids is 1. The van der Waals surface area contributed by atoms with Crippen LogP contribution in [-0.2, 0) is 4.74 Å². The first-order valence-corrected chi connectivity index (χ1v) is 8.96. The fourth-order valence-electron chi connectivity index (χ4n) is 2.45. The van der Waals surface area contributed by atoms with Crippen molar-refractivity contribution in [2.24, 2.45) is 5.10 Å². The highest BCUT2D eigenvalue weighted by Crippen LogP contribution is 2.32. The van der Waals surface area contributed by atoms with Gasteiger partial charge in [-0.1, -0.05) is 11.6 Å². The van der Waals surface area contributed by atoms with E-state index in [0.29, 0.717) is 40.0 Å². The number of nitrogens with one attached hydrogen (secondary N) is 1. The molecule has 1 N–H and O–H groups in total. The van der Waals surface area contributed by atoms with Gasteiger partial charge in [0, 0.05) is 17.7 Å². The largest absolute Gasteiger partial charge is 0.462 e. The molecule has 0 fully saturated rings. The van der Waals surface area contributed by atoms with Crippen molar-refractivity contribution in [3.8, 4) is 11.3 Å². The molecular weight excluding hydrogens is 398 g/mol. The third-order valence-corrected chi connectivity index (χ3v) is 4.16. The van der Waals surface area contributed by atoms with E-state index in [-0.39, 0.29) is 11.7 Å². The molecule has 1 heterocycles. The molecule has 0 aliphatic rings. The molecule has 0 atom stereocenters. The van der Waals surface area contributed by atoms with Crippen molar-refractivity contribution in [3.05, 3.63) is 81.1 Å². The average molecular weight is 414 g/mol. The third kappa shape index (κ3) is 4.99. The number of halogens is 1. The molecule has 148 valence electrons. The number of ether oxygens (including phenoxy) is 1. The van der Waals surface area contributed by atoms with Crippen LogP contribution in [0.1, 0.15) is 23.0 Å². The number of nitro groups is 1. The predicted molar refractivity (Wildman–Crippen MR) is 109 cm³/mol. The van der Waals surface area contributed by atoms with E-state index in [1.54, 1.807) is 43.3 Å². The summed E-state index contributed by atoms with van der Waals surface area (Å²) in [5.74, 6) is 0.433. The summed E-state index contributed by atoms with van der Waals surface area (Å²) in [7, 11) is 0. The molecule has 0 spiro atoms. The Morgan fingerprint density at radius 2 is 2.00 bits per heavy atom. The van der Waals surface area contributed by atoms with Gasteiger partial charge in [-0.25, -0.2) is 4.79 Å². The molecule has 0 aliphatic heterocycles. The number of furan rings is 1. The number of anilines is 1. The zero-order chi connectivity index (χ0) is 20.8. The minimum absolute atomic E-state index is 0.0797. The van der Waals surface area contributed by atoms with Crippen LogP contribution in [0.5, 0.6) is 0 Å². The Labute approximate surface area is 170 Å². The normalized spacial score (nSPS) is 10.8. The number of rotatable bonds is 7. The topological polar surface area (TPSA) is 107 Å². The van der Waals surface area contributed by atoms with E-state index in [9.17, 15) is 14.9 Å². The zero-order valence-electron chi connectivity index (χ0n) is 15.3. The molecule has 0 aliphatic carbocycles. The number of nitrogens with zero attached hydrogens (tertiary/aromatic N) is 2. The summed E-state index contributed by atoms with van der Waals surface area (Å²) in [5.41, 5.74) is 4.28. The van der Waals surface area contributed by atoms with E-state index < -0.39 is 4.92 Å². The van der Waals surface area contributed by atoms with E-state index in [2.05, 4.69) is 10.5 Å². The number of hydrazone groups is 1. The summed E-state index contributed by atoms with van der Waals surface area (Å²) in [6, 6.07) is 14.1. The van der Waals surface area contributed by atoms with Gasteiger partial charge in [-0.05, 0) is 49.4 Å². The Morgan fingerprint density at radius 1 is 1.24 bits per heavy atom. The van der Waals surface area contributed by atoms with Crippen LogP contribution < -0.4 is 5.43 Å². The SMILES string of the molecule is CCOC(=O)c1ccc(N/N=C/c2ccc(-c3cc([N+](=O)[O-])ccc3Cl)o2)cc1. The lowest BCUT2D eigenvalue weighted by Crippen LogP contribution is -2.04. The Kier molecular flexibility index (Phi) is 6.25. The van der Waals surface area contributed by atoms with Crippen LogP contribution in [0.3, 0.4) is 0 Å². The number of carbonyl (C=O) groups is 1. The lowest BCUT2D eigenvalue weighted by molar-refractivity contribution is -0.384. The second-order valence-electron chi connectivity index (χ2n) is 5.79. The molecule has 1 aromatic heterocycles. The second kappa shape index (κ2) is 9.03. The Morgan fingerprint density at radius 3 is 2.69 bits per heavy atom. The Bertz CT molecular complexity index is 1060. The average Bonchev–Trinajstić information content (AvgIpc) is 3.17. The monoisotopic (exact) mass is 413 g/mol. The summed E-state index contributed by atoms with van der Waals surface area (Å²) in [6.07, 6.45) is 1.45. The highest BCUT2D eigenvalue weighted by molar-refractivity contribution is 6.33. The lowest BCUT2D eigenvalue weighted by atomic mass is 10.1. The number of hydrogen-bond acceptors (Lipinski definition) is 7. The van der Waals surface area contributed by atoms with Crippen LogP contribution in [0, 0.1) is 10.1 Å². The van der Waals surface area contributed by atoms with Gasteiger partial charge in [0.1, 0.15) is 11.5 Å². The van der Waals surface area contributed by atoms with Gasteiger partial charge in [0.15, 0.2) is 0 Å². The minimum atomic E-state index is -0.498. The molecule has 2 aromatic carbocycles. The highest BCUT2D eigenvalue weighted by atomic mass is 35.5. The number of non-ortho nitro benzene ring substituents is 1. The molecule has 0 unspecified atom stereocenters. The highest BCUT2D eigenvalue weighted by Gasteiger charge is 2.14. The van der Waals surface area contributed by atoms with Crippen LogP contribution in [0.25, 0.3) is 11.3 Å². The minimum Gasteiger partial charge on any atom is -0.462 e. The maximum Gasteiger partial charge on any atom is 0.338 e. The van der Waals surface area contributed by atoms with E-state index in [4.69, 9.17) is 20.8 Å². The molecule has 0 radical (unpaired) electrons. The summed E-state index contributed by atoms with van der Waals surface area (Å²) < 4.78 is 10.6. The van der Waals surface area contributed by atoms with Crippen molar-refractivity contribution in [2.75, 3.05) is 12.0 Å². The summed E-state index contributed by atoms with van der Waals surface area (Å²) in [4.78, 5) is 22.1. The van der Waals surface area contributed by atoms with Crippen LogP contribution in [0.2, 0.25) is 5.02 Å². The fourth-order valence-corrected chi connectivity index (χ4v) is 2.66. The first-order valence-electron chi connectivity index (χ1n) is 8.58. The van der Waals surface area contributed by atoms with Crippen LogP contribution in [0.15, 0.2) is 64.1 Å². The molecule has 3 rings (SSSR count). The lowest BCUT2D eigenvalue weighted by Gasteiger charge is -2.03. The van der Waals surface area contributed by atoms with E-state index in [1.807, 2.05) is 0 Å². The summed E-state index contributed by atoms with van der Waals surface area (Å²) in [5, 5.41) is 15.4. The molecule has 29 heavy (non-hydrogen) atoms. The van der Waals surface area contributed by atoms with Crippen LogP contribution in [0.4, 0.5) is 11.4 Å². The van der Waals surface area contributed by atoms with Crippen molar-refractivity contribution in [1.82, 2.24) is 0 Å². The summed E-state index contributed by atoms with van der Waals surface area (Å²) >= 11 is 6.12. The Hall–Kier alpha value is -3.65. The van der Waals surface area contributed by atoms with Gasteiger partial charge in [-0.2, -0.15) is 5.10 Å². The van der Waals surface area contributed by atoms with Gasteiger partial charge >= 0.3 is 5.97 Å². The third-order valence-electron chi connectivity index (χ3n) is 3.83. The van der Waals surface area contributed by atoms with Crippen molar-refractivity contribution >= 4 is 35.2 Å². The fraction of sp³-hybridized carbons (Fsp3) is 0.100. The molecule has 0 saturated heterocycles. The van der Waals surface area contributed by atoms with Gasteiger partial charge < -0.3 is 9.15 Å². The molecule has 8 nitrogen and oxygen atoms in total. The second-order valence-corrected chi connectivity index (χ2v) is 6.20. The maximum atomic E-state index is 11.6. The van der Waals surface area contributed by atoms with Gasteiger partial charge in [0.25, 0.3) is 5.69 Å². The quantitative estimate of drug-likeness (QED) is 0.249. The van der Waals surface area contributed by atoms with Crippen molar-refractivity contribution in [1.29, 1.82) is 0 Å². The summed E-state index contributed by atoms with van der Waals surface area (Å²) in [6.45, 7) is 2.06. The molecule has 0 bridgehead atoms. The Balaban J connectivity index is 1.67. The molecule has 9 heteroatoms. The van der Waals surface area contributed by atoms with E-state index in [1.165, 1.54) is 24.4 Å². The predicted octanol–water partition coefficient (Wildman–Crippen LogP) is 5.13. The van der Waals surface area contributed by atoms with E-state index in [0.717, 1.165) is 0 Å². The van der Waals surface area contributed by atoms with Gasteiger partial charge in [0.2, 0.25) is 0 Å². The van der Waals surface area contributed by atoms with Gasteiger partial charge in [0.05, 0.1) is 34.0 Å². The standard InChI is InChI=1S/C20H16ClN3O5/c1-2-28-20(25)13-3-5-14(6-4-13)23-22-12-16-8-10-19(29-16)17-11-15(24(26)27)7-9-18(17)21/h3-12,23H,2H2,1H3/b22-12+. The van der Waals surface area contributed by atoms with Crippen molar-refractivity contribution in [2.45, 2.75) is 6.92 Å². The van der Waals surface area contributed by atoms with Crippen LogP contribution in [-0.4, -0.2) is 23.7 Å². The molecule has 0 saturated carbocycles. The molecular formula is C20H16ClN3O5. The van der Waals surface area contributed by atoms with Crippen molar-refractivity contribution in [3.63, 3.8) is 0 Å². The molecule has 3 aromatic rings. The van der Waals surface area contributed by atoms with Crippen molar-refractivity contribution < 1.29 is 18.9 Å². The first kappa shape index (κ1) is 20.1. The number of hydrogen-bond donors (Lipinski definition) is 1. The number of nitro benzene ring substituents is 1. The smallest absolute Gasteiger partial charge is 0.338 e. The molecule has 0 amide bonds. The first-order chi connectivity index (χ1) is 14.0. The van der Waals surface area contributed by atoms with Crippen LogP contribution >= 0.6 is 11.6 Å². The number of esters is 1. The zero-order valence-corrected chi connectivity index (χ0v) is 16.1.